The van der Waals surface area contributed by atoms with E-state index in [0.717, 1.165) is 16.8 Å². The van der Waals surface area contributed by atoms with Gasteiger partial charge < -0.3 is 0 Å². The molecule has 0 atom stereocenters. The summed E-state index contributed by atoms with van der Waals surface area (Å²) in [7, 11) is 0. The number of rotatable bonds is 3. The minimum absolute atomic E-state index is 0.323. The Morgan fingerprint density at radius 1 is 0.952 bits per heavy atom. The lowest BCUT2D eigenvalue weighted by atomic mass is 10.1. The van der Waals surface area contributed by atoms with Crippen LogP contribution in [0.2, 0.25) is 20.1 Å². The van der Waals surface area contributed by atoms with Gasteiger partial charge in [-0.25, -0.2) is 0 Å². The summed E-state index contributed by atoms with van der Waals surface area (Å²) >= 11 is 24.2. The molecule has 0 aliphatic carbocycles. The van der Waals surface area contributed by atoms with Crippen molar-refractivity contribution in [2.75, 3.05) is 5.43 Å². The molecule has 2 rings (SSSR count). The highest BCUT2D eigenvalue weighted by Crippen LogP contribution is 2.33. The van der Waals surface area contributed by atoms with E-state index in [-0.39, 0.29) is 0 Å². The molecule has 2 aromatic carbocycles. The Morgan fingerprint density at radius 3 is 2.33 bits per heavy atom. The topological polar surface area (TPSA) is 24.4 Å². The van der Waals surface area contributed by atoms with Gasteiger partial charge in [-0.1, -0.05) is 58.5 Å². The van der Waals surface area contributed by atoms with Crippen molar-refractivity contribution in [3.8, 4) is 0 Å². The van der Waals surface area contributed by atoms with Crippen molar-refractivity contribution in [2.24, 2.45) is 5.10 Å². The highest BCUT2D eigenvalue weighted by Gasteiger charge is 2.10. The Balaban J connectivity index is 2.25. The Bertz CT molecular complexity index is 711. The van der Waals surface area contributed by atoms with Gasteiger partial charge in [-0.3, -0.25) is 5.43 Å². The van der Waals surface area contributed by atoms with E-state index in [1.807, 2.05) is 32.0 Å². The maximum atomic E-state index is 6.18. The second-order valence-corrected chi connectivity index (χ2v) is 6.07. The average molecular weight is 362 g/mol. The van der Waals surface area contributed by atoms with Crippen LogP contribution in [0.25, 0.3) is 0 Å². The summed E-state index contributed by atoms with van der Waals surface area (Å²) in [4.78, 5) is 0. The quantitative estimate of drug-likeness (QED) is 0.379. The van der Waals surface area contributed by atoms with Gasteiger partial charge in [0.2, 0.25) is 0 Å². The third-order valence-electron chi connectivity index (χ3n) is 2.95. The summed E-state index contributed by atoms with van der Waals surface area (Å²) in [6.45, 7) is 3.77. The SMILES string of the molecule is C/C(=N/Nc1ccc(C)c(Cl)c1)c1ccc(Cl)c(Cl)c1Cl. The number of halogens is 4. The van der Waals surface area contributed by atoms with Gasteiger partial charge >= 0.3 is 0 Å². The van der Waals surface area contributed by atoms with E-state index in [9.17, 15) is 0 Å². The summed E-state index contributed by atoms with van der Waals surface area (Å²) in [6.07, 6.45) is 0. The average Bonchev–Trinajstić information content (AvgIpc) is 2.46. The fraction of sp³-hybridized carbons (Fsp3) is 0.133. The molecule has 0 saturated heterocycles. The molecule has 110 valence electrons. The van der Waals surface area contributed by atoms with Gasteiger partial charge in [0.05, 0.1) is 26.5 Å². The fourth-order valence-electron chi connectivity index (χ4n) is 1.68. The second-order valence-electron chi connectivity index (χ2n) is 4.50. The summed E-state index contributed by atoms with van der Waals surface area (Å²) in [6, 6.07) is 9.09. The van der Waals surface area contributed by atoms with Crippen LogP contribution in [0.1, 0.15) is 18.1 Å². The minimum atomic E-state index is 0.323. The maximum Gasteiger partial charge on any atom is 0.0785 e. The van der Waals surface area contributed by atoms with Crippen LogP contribution in [0.3, 0.4) is 0 Å². The van der Waals surface area contributed by atoms with Crippen molar-refractivity contribution in [1.29, 1.82) is 0 Å². The lowest BCUT2D eigenvalue weighted by molar-refractivity contribution is 1.31. The van der Waals surface area contributed by atoms with E-state index in [4.69, 9.17) is 46.4 Å². The molecule has 0 spiro atoms. The smallest absolute Gasteiger partial charge is 0.0785 e. The number of hydrazone groups is 1. The van der Waals surface area contributed by atoms with Crippen molar-refractivity contribution in [2.45, 2.75) is 13.8 Å². The van der Waals surface area contributed by atoms with Crippen LogP contribution in [-0.2, 0) is 0 Å². The molecular formula is C15H12Cl4N2. The lowest BCUT2D eigenvalue weighted by Gasteiger charge is -2.08. The molecular weight excluding hydrogens is 350 g/mol. The summed E-state index contributed by atoms with van der Waals surface area (Å²) in [5.41, 5.74) is 6.15. The zero-order valence-corrected chi connectivity index (χ0v) is 14.4. The Morgan fingerprint density at radius 2 is 1.67 bits per heavy atom. The van der Waals surface area contributed by atoms with Gasteiger partial charge in [0.15, 0.2) is 0 Å². The molecule has 0 saturated carbocycles. The van der Waals surface area contributed by atoms with E-state index >= 15 is 0 Å². The molecule has 0 heterocycles. The highest BCUT2D eigenvalue weighted by atomic mass is 35.5. The van der Waals surface area contributed by atoms with Crippen LogP contribution < -0.4 is 5.43 Å². The Labute approximate surface area is 143 Å². The van der Waals surface area contributed by atoms with Crippen LogP contribution in [0.5, 0.6) is 0 Å². The third kappa shape index (κ3) is 3.83. The molecule has 0 aliphatic rings. The fourth-order valence-corrected chi connectivity index (χ4v) is 2.53. The molecule has 0 bridgehead atoms. The van der Waals surface area contributed by atoms with Crippen LogP contribution in [0.15, 0.2) is 35.4 Å². The number of nitrogens with zero attached hydrogens (tertiary/aromatic N) is 1. The molecule has 0 unspecified atom stereocenters. The van der Waals surface area contributed by atoms with Gasteiger partial charge in [-0.15, -0.1) is 0 Å². The standard InChI is InChI=1S/C15H12Cl4N2/c1-8-3-4-10(7-13(8)17)21-20-9(2)11-5-6-12(16)15(19)14(11)18/h3-7,21H,1-2H3/b20-9-. The van der Waals surface area contributed by atoms with E-state index in [1.165, 1.54) is 0 Å². The van der Waals surface area contributed by atoms with Crippen molar-refractivity contribution in [1.82, 2.24) is 0 Å². The van der Waals surface area contributed by atoms with Crippen molar-refractivity contribution >= 4 is 57.8 Å². The van der Waals surface area contributed by atoms with E-state index in [2.05, 4.69) is 10.5 Å². The summed E-state index contributed by atoms with van der Waals surface area (Å²) < 4.78 is 0. The second kappa shape index (κ2) is 6.89. The first-order valence-electron chi connectivity index (χ1n) is 6.10. The molecule has 0 amide bonds. The van der Waals surface area contributed by atoms with Crippen LogP contribution in [0.4, 0.5) is 5.69 Å². The highest BCUT2D eigenvalue weighted by molar-refractivity contribution is 6.49. The van der Waals surface area contributed by atoms with E-state index in [1.54, 1.807) is 12.1 Å². The Hall–Kier alpha value is -0.930. The number of benzene rings is 2. The number of nitrogens with one attached hydrogen (secondary N) is 1. The monoisotopic (exact) mass is 360 g/mol. The zero-order chi connectivity index (χ0) is 15.6. The van der Waals surface area contributed by atoms with E-state index < -0.39 is 0 Å². The molecule has 2 aromatic rings. The first-order chi connectivity index (χ1) is 9.90. The number of hydrogen-bond donors (Lipinski definition) is 1. The van der Waals surface area contributed by atoms with Crippen molar-refractivity contribution in [3.63, 3.8) is 0 Å². The molecule has 1 N–H and O–H groups in total. The van der Waals surface area contributed by atoms with E-state index in [0.29, 0.717) is 25.8 Å². The predicted octanol–water partition coefficient (Wildman–Crippen LogP) is 6.44. The van der Waals surface area contributed by atoms with Crippen LogP contribution >= 0.6 is 46.4 Å². The summed E-state index contributed by atoms with van der Waals surface area (Å²) in [5, 5.41) is 6.09. The van der Waals surface area contributed by atoms with Crippen molar-refractivity contribution in [3.05, 3.63) is 61.5 Å². The molecule has 6 heteroatoms. The first-order valence-corrected chi connectivity index (χ1v) is 7.61. The van der Waals surface area contributed by atoms with Gasteiger partial charge in [-0.2, -0.15) is 5.10 Å². The minimum Gasteiger partial charge on any atom is -0.278 e. The molecule has 0 radical (unpaired) electrons. The molecule has 21 heavy (non-hydrogen) atoms. The molecule has 0 fully saturated rings. The first kappa shape index (κ1) is 16.4. The number of anilines is 1. The molecule has 0 aromatic heterocycles. The van der Waals surface area contributed by atoms with Crippen molar-refractivity contribution < 1.29 is 0 Å². The van der Waals surface area contributed by atoms with Gasteiger partial charge in [0, 0.05) is 10.6 Å². The normalized spacial score (nSPS) is 11.6. The lowest BCUT2D eigenvalue weighted by Crippen LogP contribution is -2.01. The molecule has 0 aliphatic heterocycles. The van der Waals surface area contributed by atoms with Crippen LogP contribution in [-0.4, -0.2) is 5.71 Å². The van der Waals surface area contributed by atoms with Gasteiger partial charge in [-0.05, 0) is 37.6 Å². The van der Waals surface area contributed by atoms with Gasteiger partial charge in [0.25, 0.3) is 0 Å². The van der Waals surface area contributed by atoms with Crippen LogP contribution in [0, 0.1) is 6.92 Å². The third-order valence-corrected chi connectivity index (χ3v) is 4.65. The zero-order valence-electron chi connectivity index (χ0n) is 11.3. The Kier molecular flexibility index (Phi) is 5.39. The predicted molar refractivity (Wildman–Crippen MR) is 93.5 cm³/mol. The maximum absolute atomic E-state index is 6.18. The van der Waals surface area contributed by atoms with Gasteiger partial charge in [0.1, 0.15) is 0 Å². The largest absolute Gasteiger partial charge is 0.278 e. The molecule has 2 nitrogen and oxygen atoms in total. The summed E-state index contributed by atoms with van der Waals surface area (Å²) in [5.74, 6) is 0. The number of hydrogen-bond acceptors (Lipinski definition) is 2. The number of aryl methyl sites for hydroxylation is 1.